The number of ether oxygens (including phenoxy) is 1. The monoisotopic (exact) mass is 559 g/mol. The third kappa shape index (κ3) is 9.34. The van der Waals surface area contributed by atoms with E-state index >= 15 is 0 Å². The van der Waals surface area contributed by atoms with Gasteiger partial charge >= 0.3 is 6.09 Å². The van der Waals surface area contributed by atoms with Crippen LogP contribution in [0.25, 0.3) is 10.8 Å². The largest absolute Gasteiger partial charge is 0.444 e. The molecule has 7 nitrogen and oxygen atoms in total. The van der Waals surface area contributed by atoms with Crippen LogP contribution in [-0.2, 0) is 14.3 Å². The van der Waals surface area contributed by atoms with Crippen LogP contribution < -0.4 is 10.6 Å². The van der Waals surface area contributed by atoms with Gasteiger partial charge in [-0.15, -0.1) is 0 Å². The molecule has 41 heavy (non-hydrogen) atoms. The van der Waals surface area contributed by atoms with E-state index < -0.39 is 23.8 Å². The normalized spacial score (nSPS) is 13.0. The second-order valence-electron chi connectivity index (χ2n) is 11.8. The standard InChI is InChI=1S/C34H45N3O4/c1-7-8-9-15-22-37(32(39)29(24(2)3)36-33(40)41-34(4,5)6)30(26-17-11-10-12-18-26)31(38)35-28-21-20-25-16-13-14-19-27(25)23-28/h10-14,16-21,23-24,29-30H,7-9,15,22H2,1-6H3,(H,35,38)(H,36,40). The third-order valence-electron chi connectivity index (χ3n) is 6.83. The highest BCUT2D eigenvalue weighted by atomic mass is 16.6. The summed E-state index contributed by atoms with van der Waals surface area (Å²) in [5.74, 6) is -0.854. The minimum Gasteiger partial charge on any atom is -0.444 e. The maximum Gasteiger partial charge on any atom is 0.408 e. The zero-order valence-electron chi connectivity index (χ0n) is 25.3. The van der Waals surface area contributed by atoms with Crippen LogP contribution in [0.3, 0.4) is 0 Å². The highest BCUT2D eigenvalue weighted by molar-refractivity contribution is 6.00. The zero-order valence-corrected chi connectivity index (χ0v) is 25.3. The molecule has 0 spiro atoms. The van der Waals surface area contributed by atoms with Crippen LogP contribution in [0.2, 0.25) is 0 Å². The molecule has 2 N–H and O–H groups in total. The number of nitrogens with zero attached hydrogens (tertiary/aromatic N) is 1. The van der Waals surface area contributed by atoms with Crippen molar-refractivity contribution in [3.05, 3.63) is 78.4 Å². The molecule has 3 rings (SSSR count). The topological polar surface area (TPSA) is 87.7 Å². The maximum absolute atomic E-state index is 14.3. The first kappa shape index (κ1) is 31.7. The number of alkyl carbamates (subject to hydrolysis) is 1. The summed E-state index contributed by atoms with van der Waals surface area (Å²) < 4.78 is 5.47. The van der Waals surface area contributed by atoms with Gasteiger partial charge in [-0.05, 0) is 61.6 Å². The van der Waals surface area contributed by atoms with Gasteiger partial charge in [0, 0.05) is 12.2 Å². The molecule has 3 aromatic carbocycles. The number of hydrogen-bond acceptors (Lipinski definition) is 4. The molecular weight excluding hydrogens is 514 g/mol. The van der Waals surface area contributed by atoms with Gasteiger partial charge in [-0.3, -0.25) is 9.59 Å². The Morgan fingerprint density at radius 3 is 2.15 bits per heavy atom. The Labute approximate surface area is 244 Å². The van der Waals surface area contributed by atoms with E-state index in [0.29, 0.717) is 17.8 Å². The van der Waals surface area contributed by atoms with E-state index in [2.05, 4.69) is 17.6 Å². The van der Waals surface area contributed by atoms with Gasteiger partial charge in [0.05, 0.1) is 0 Å². The van der Waals surface area contributed by atoms with E-state index in [1.165, 1.54) is 0 Å². The van der Waals surface area contributed by atoms with Gasteiger partial charge in [0.25, 0.3) is 5.91 Å². The summed E-state index contributed by atoms with van der Waals surface area (Å²) in [5.41, 5.74) is 0.649. The van der Waals surface area contributed by atoms with Crippen LogP contribution in [0.1, 0.15) is 78.8 Å². The maximum atomic E-state index is 14.3. The molecule has 7 heteroatoms. The number of anilines is 1. The van der Waals surface area contributed by atoms with E-state index in [-0.39, 0.29) is 17.7 Å². The van der Waals surface area contributed by atoms with Crippen LogP contribution in [0, 0.1) is 5.92 Å². The number of unbranched alkanes of at least 4 members (excludes halogenated alkanes) is 3. The first-order chi connectivity index (χ1) is 19.5. The molecule has 220 valence electrons. The Morgan fingerprint density at radius 2 is 1.51 bits per heavy atom. The van der Waals surface area contributed by atoms with Crippen molar-refractivity contribution in [2.45, 2.75) is 84.9 Å². The van der Waals surface area contributed by atoms with Crippen LogP contribution in [-0.4, -0.2) is 41.0 Å². The molecule has 0 aliphatic carbocycles. The van der Waals surface area contributed by atoms with Crippen molar-refractivity contribution in [1.29, 1.82) is 0 Å². The number of fused-ring (bicyclic) bond motifs is 1. The molecule has 0 heterocycles. The third-order valence-corrected chi connectivity index (χ3v) is 6.83. The quantitative estimate of drug-likeness (QED) is 0.225. The number of hydrogen-bond donors (Lipinski definition) is 2. The van der Waals surface area contributed by atoms with E-state index in [9.17, 15) is 14.4 Å². The zero-order chi connectivity index (χ0) is 30.0. The number of rotatable bonds is 12. The fourth-order valence-electron chi connectivity index (χ4n) is 4.79. The summed E-state index contributed by atoms with van der Waals surface area (Å²) in [6.07, 6.45) is 3.09. The van der Waals surface area contributed by atoms with Crippen molar-refractivity contribution in [3.63, 3.8) is 0 Å². The number of carbonyl (C=O) groups excluding carboxylic acids is 3. The summed E-state index contributed by atoms with van der Waals surface area (Å²) in [5, 5.41) is 7.94. The molecule has 0 fully saturated rings. The van der Waals surface area contributed by atoms with Gasteiger partial charge in [0.2, 0.25) is 5.91 Å². The molecule has 2 unspecified atom stereocenters. The summed E-state index contributed by atoms with van der Waals surface area (Å²) in [4.78, 5) is 42.7. The van der Waals surface area contributed by atoms with Crippen molar-refractivity contribution >= 4 is 34.4 Å². The Morgan fingerprint density at radius 1 is 0.854 bits per heavy atom. The van der Waals surface area contributed by atoms with E-state index in [1.807, 2.05) is 86.6 Å². The van der Waals surface area contributed by atoms with Crippen molar-refractivity contribution in [2.24, 2.45) is 5.92 Å². The summed E-state index contributed by atoms with van der Waals surface area (Å²) in [7, 11) is 0. The molecule has 3 aromatic rings. The predicted molar refractivity (Wildman–Crippen MR) is 166 cm³/mol. The van der Waals surface area contributed by atoms with Crippen LogP contribution in [0.5, 0.6) is 0 Å². The molecule has 0 aromatic heterocycles. The lowest BCUT2D eigenvalue weighted by Gasteiger charge is -2.35. The SMILES string of the molecule is CCCCCCN(C(=O)C(NC(=O)OC(C)(C)C)C(C)C)C(C(=O)Nc1ccc2ccccc2c1)c1ccccc1. The smallest absolute Gasteiger partial charge is 0.408 e. The lowest BCUT2D eigenvalue weighted by atomic mass is 9.98. The molecule has 3 amide bonds. The van der Waals surface area contributed by atoms with Gasteiger partial charge in [-0.1, -0.05) is 101 Å². The molecule has 0 saturated heterocycles. The van der Waals surface area contributed by atoms with E-state index in [1.54, 1.807) is 25.7 Å². The Kier molecular flexibility index (Phi) is 11.3. The fraction of sp³-hybridized carbons (Fsp3) is 0.441. The molecule has 0 saturated carbocycles. The minimum absolute atomic E-state index is 0.229. The second kappa shape index (κ2) is 14.7. The van der Waals surface area contributed by atoms with Crippen molar-refractivity contribution < 1.29 is 19.1 Å². The van der Waals surface area contributed by atoms with Gasteiger partial charge in [-0.25, -0.2) is 4.79 Å². The molecule has 0 aliphatic rings. The van der Waals surface area contributed by atoms with Crippen LogP contribution in [0.4, 0.5) is 10.5 Å². The molecule has 2 atom stereocenters. The summed E-state index contributed by atoms with van der Waals surface area (Å²) in [6, 6.07) is 21.3. The highest BCUT2D eigenvalue weighted by Gasteiger charge is 2.37. The average molecular weight is 560 g/mol. The summed E-state index contributed by atoms with van der Waals surface area (Å²) in [6.45, 7) is 11.6. The Balaban J connectivity index is 1.98. The van der Waals surface area contributed by atoms with Gasteiger partial charge < -0.3 is 20.3 Å². The van der Waals surface area contributed by atoms with Crippen molar-refractivity contribution in [2.75, 3.05) is 11.9 Å². The van der Waals surface area contributed by atoms with Crippen LogP contribution in [0.15, 0.2) is 72.8 Å². The number of nitrogens with one attached hydrogen (secondary N) is 2. The lowest BCUT2D eigenvalue weighted by Crippen LogP contribution is -2.54. The van der Waals surface area contributed by atoms with Gasteiger partial charge in [0.1, 0.15) is 17.7 Å². The van der Waals surface area contributed by atoms with E-state index in [4.69, 9.17) is 4.74 Å². The minimum atomic E-state index is -0.890. The lowest BCUT2D eigenvalue weighted by molar-refractivity contribution is -0.141. The van der Waals surface area contributed by atoms with Gasteiger partial charge in [-0.2, -0.15) is 0 Å². The average Bonchev–Trinajstić information content (AvgIpc) is 2.92. The van der Waals surface area contributed by atoms with Crippen molar-refractivity contribution in [1.82, 2.24) is 10.2 Å². The number of benzene rings is 3. The number of amides is 3. The van der Waals surface area contributed by atoms with Gasteiger partial charge in [0.15, 0.2) is 0 Å². The first-order valence-corrected chi connectivity index (χ1v) is 14.6. The Bertz CT molecular complexity index is 1300. The molecule has 0 aliphatic heterocycles. The second-order valence-corrected chi connectivity index (χ2v) is 11.8. The molecule has 0 bridgehead atoms. The highest BCUT2D eigenvalue weighted by Crippen LogP contribution is 2.27. The summed E-state index contributed by atoms with van der Waals surface area (Å²) >= 11 is 0. The molecular formula is C34H45N3O4. The van der Waals surface area contributed by atoms with Crippen LogP contribution >= 0.6 is 0 Å². The van der Waals surface area contributed by atoms with Crippen molar-refractivity contribution in [3.8, 4) is 0 Å². The predicted octanol–water partition coefficient (Wildman–Crippen LogP) is 7.48. The fourth-order valence-corrected chi connectivity index (χ4v) is 4.79. The Hall–Kier alpha value is -3.87. The van der Waals surface area contributed by atoms with E-state index in [0.717, 1.165) is 36.5 Å². The molecule has 0 radical (unpaired) electrons. The first-order valence-electron chi connectivity index (χ1n) is 14.6. The number of carbonyl (C=O) groups is 3.